The summed E-state index contributed by atoms with van der Waals surface area (Å²) in [5.41, 5.74) is 4.59. The van der Waals surface area contributed by atoms with Crippen LogP contribution in [0.4, 0.5) is 4.39 Å². The topological polar surface area (TPSA) is 42.4 Å². The number of carbonyl (C=O) groups is 1. The lowest BCUT2D eigenvalue weighted by molar-refractivity contribution is -0.141. The van der Waals surface area contributed by atoms with Crippen LogP contribution in [0, 0.1) is 19.7 Å². The van der Waals surface area contributed by atoms with Crippen LogP contribution in [0.1, 0.15) is 44.2 Å². The van der Waals surface area contributed by atoms with E-state index in [0.29, 0.717) is 5.75 Å². The van der Waals surface area contributed by atoms with E-state index in [2.05, 4.69) is 11.9 Å². The average Bonchev–Trinajstić information content (AvgIpc) is 2.73. The molecule has 3 aromatic rings. The number of piperidine rings is 1. The van der Waals surface area contributed by atoms with Crippen LogP contribution in [0.15, 0.2) is 42.6 Å². The van der Waals surface area contributed by atoms with Crippen molar-refractivity contribution in [1.82, 2.24) is 9.88 Å². The number of aromatic nitrogens is 1. The zero-order chi connectivity index (χ0) is 22.1. The Hall–Kier alpha value is -2.95. The van der Waals surface area contributed by atoms with Crippen LogP contribution in [0.5, 0.6) is 5.75 Å². The van der Waals surface area contributed by atoms with Gasteiger partial charge in [0.25, 0.3) is 5.91 Å². The van der Waals surface area contributed by atoms with Gasteiger partial charge in [0.2, 0.25) is 0 Å². The quantitative estimate of drug-likeness (QED) is 0.534. The van der Waals surface area contributed by atoms with Gasteiger partial charge in [-0.15, -0.1) is 0 Å². The Bertz CT molecular complexity index is 1100. The van der Waals surface area contributed by atoms with Gasteiger partial charge in [-0.05, 0) is 99.5 Å². The third-order valence-corrected chi connectivity index (χ3v) is 6.23. The van der Waals surface area contributed by atoms with Crippen molar-refractivity contribution in [2.24, 2.45) is 0 Å². The molecule has 31 heavy (non-hydrogen) atoms. The molecule has 2 aromatic carbocycles. The minimum absolute atomic E-state index is 0.0339. The number of hydrogen-bond acceptors (Lipinski definition) is 3. The van der Waals surface area contributed by atoms with Crippen molar-refractivity contribution in [2.75, 3.05) is 6.54 Å². The van der Waals surface area contributed by atoms with Crippen LogP contribution in [0.25, 0.3) is 22.0 Å². The predicted molar refractivity (Wildman–Crippen MR) is 122 cm³/mol. The first-order valence-electron chi connectivity index (χ1n) is 11.0. The molecule has 0 bridgehead atoms. The van der Waals surface area contributed by atoms with Crippen molar-refractivity contribution in [1.29, 1.82) is 0 Å². The summed E-state index contributed by atoms with van der Waals surface area (Å²) in [6.07, 6.45) is 4.47. The summed E-state index contributed by atoms with van der Waals surface area (Å²) in [6, 6.07) is 11.1. The number of benzene rings is 2. The van der Waals surface area contributed by atoms with Crippen molar-refractivity contribution < 1.29 is 13.9 Å². The normalized spacial score (nSPS) is 17.6. The van der Waals surface area contributed by atoms with Gasteiger partial charge in [-0.25, -0.2) is 4.39 Å². The third kappa shape index (κ3) is 4.27. The Morgan fingerprint density at radius 2 is 1.90 bits per heavy atom. The van der Waals surface area contributed by atoms with Crippen molar-refractivity contribution in [2.45, 2.75) is 59.1 Å². The van der Waals surface area contributed by atoms with E-state index in [9.17, 15) is 9.18 Å². The van der Waals surface area contributed by atoms with Crippen LogP contribution in [-0.4, -0.2) is 34.5 Å². The highest BCUT2D eigenvalue weighted by Gasteiger charge is 2.28. The predicted octanol–water partition coefficient (Wildman–Crippen LogP) is 5.83. The number of fused-ring (bicyclic) bond motifs is 1. The first kappa shape index (κ1) is 21.3. The number of aryl methyl sites for hydroxylation is 2. The summed E-state index contributed by atoms with van der Waals surface area (Å²) < 4.78 is 19.8. The second-order valence-electron chi connectivity index (χ2n) is 8.59. The molecule has 1 saturated heterocycles. The van der Waals surface area contributed by atoms with Gasteiger partial charge in [0.05, 0.1) is 5.52 Å². The summed E-state index contributed by atoms with van der Waals surface area (Å²) >= 11 is 0. The van der Waals surface area contributed by atoms with Crippen molar-refractivity contribution >= 4 is 16.8 Å². The first-order chi connectivity index (χ1) is 14.8. The number of rotatable bonds is 4. The highest BCUT2D eigenvalue weighted by molar-refractivity contribution is 5.96. The van der Waals surface area contributed by atoms with Crippen LogP contribution >= 0.6 is 0 Å². The molecule has 1 aliphatic heterocycles. The fraction of sp³-hybridized carbons (Fsp3) is 0.385. The number of pyridine rings is 1. The molecule has 0 aliphatic carbocycles. The van der Waals surface area contributed by atoms with Gasteiger partial charge in [0, 0.05) is 30.2 Å². The van der Waals surface area contributed by atoms with Crippen molar-refractivity contribution in [3.63, 3.8) is 0 Å². The number of carbonyl (C=O) groups excluding carboxylic acids is 1. The van der Waals surface area contributed by atoms with Crippen LogP contribution in [0.2, 0.25) is 0 Å². The highest BCUT2D eigenvalue weighted by atomic mass is 19.1. The van der Waals surface area contributed by atoms with Crippen molar-refractivity contribution in [3.05, 3.63) is 59.5 Å². The fourth-order valence-electron chi connectivity index (χ4n) is 4.67. The van der Waals surface area contributed by atoms with E-state index in [0.717, 1.165) is 52.5 Å². The molecule has 0 N–H and O–H groups in total. The molecule has 2 heterocycles. The average molecular weight is 421 g/mol. The van der Waals surface area contributed by atoms with E-state index in [1.165, 1.54) is 6.42 Å². The lowest BCUT2D eigenvalue weighted by atomic mass is 9.93. The Morgan fingerprint density at radius 3 is 2.61 bits per heavy atom. The molecule has 1 aromatic heterocycles. The second kappa shape index (κ2) is 8.66. The van der Waals surface area contributed by atoms with E-state index < -0.39 is 6.10 Å². The van der Waals surface area contributed by atoms with E-state index in [1.807, 2.05) is 49.9 Å². The first-order valence-corrected chi connectivity index (χ1v) is 11.0. The summed E-state index contributed by atoms with van der Waals surface area (Å²) in [5.74, 6) is 0.427. The lowest BCUT2D eigenvalue weighted by Crippen LogP contribution is -2.47. The molecule has 0 spiro atoms. The maximum Gasteiger partial charge on any atom is 0.263 e. The second-order valence-corrected chi connectivity index (χ2v) is 8.59. The van der Waals surface area contributed by atoms with Gasteiger partial charge in [-0.3, -0.25) is 9.78 Å². The number of halogens is 1. The maximum absolute atomic E-state index is 13.8. The number of amides is 1. The van der Waals surface area contributed by atoms with Gasteiger partial charge >= 0.3 is 0 Å². The monoisotopic (exact) mass is 420 g/mol. The molecule has 4 rings (SSSR count). The minimum atomic E-state index is -0.553. The Balaban J connectivity index is 1.62. The van der Waals surface area contributed by atoms with Gasteiger partial charge in [0.15, 0.2) is 6.10 Å². The Kier molecular flexibility index (Phi) is 5.94. The molecule has 1 amide bonds. The van der Waals surface area contributed by atoms with E-state index in [-0.39, 0.29) is 17.8 Å². The largest absolute Gasteiger partial charge is 0.481 e. The number of hydrogen-bond donors (Lipinski definition) is 0. The summed E-state index contributed by atoms with van der Waals surface area (Å²) in [6.45, 7) is 8.55. The third-order valence-electron chi connectivity index (χ3n) is 6.23. The fourth-order valence-corrected chi connectivity index (χ4v) is 4.67. The van der Waals surface area contributed by atoms with Crippen LogP contribution in [-0.2, 0) is 4.79 Å². The molecule has 4 nitrogen and oxygen atoms in total. The zero-order valence-corrected chi connectivity index (χ0v) is 18.6. The molecular formula is C26H29FN2O2. The molecule has 1 fully saturated rings. The highest BCUT2D eigenvalue weighted by Crippen LogP contribution is 2.34. The number of nitrogens with zero attached hydrogens (tertiary/aromatic N) is 2. The van der Waals surface area contributed by atoms with Crippen LogP contribution < -0.4 is 4.74 Å². The Labute approximate surface area is 183 Å². The maximum atomic E-state index is 13.8. The van der Waals surface area contributed by atoms with Gasteiger partial charge in [0.1, 0.15) is 11.6 Å². The van der Waals surface area contributed by atoms with Gasteiger partial charge < -0.3 is 9.64 Å². The standard InChI is InChI=1S/C26H29FN2O2/c1-16-13-20(27)14-17(2)25(16)23-10-11-28-24-15-21(8-9-22(23)24)31-19(4)26(30)29-12-6-5-7-18(29)3/h8-11,13-15,18-19H,5-7,12H2,1-4H3/t18-,19?/m0/s1. The summed E-state index contributed by atoms with van der Waals surface area (Å²) in [4.78, 5) is 19.3. The minimum Gasteiger partial charge on any atom is -0.481 e. The molecule has 1 aliphatic rings. The Morgan fingerprint density at radius 1 is 1.16 bits per heavy atom. The molecular weight excluding hydrogens is 391 g/mol. The SMILES string of the molecule is Cc1cc(F)cc(C)c1-c1ccnc2cc(OC(C)C(=O)N3CCCC[C@@H]3C)ccc12. The smallest absolute Gasteiger partial charge is 0.263 e. The van der Waals surface area contributed by atoms with Crippen LogP contribution in [0.3, 0.4) is 0 Å². The molecule has 0 saturated carbocycles. The number of ether oxygens (including phenoxy) is 1. The van der Waals surface area contributed by atoms with E-state index >= 15 is 0 Å². The van der Waals surface area contributed by atoms with Gasteiger partial charge in [-0.1, -0.05) is 0 Å². The van der Waals surface area contributed by atoms with E-state index in [1.54, 1.807) is 18.3 Å². The molecule has 5 heteroatoms. The van der Waals surface area contributed by atoms with E-state index in [4.69, 9.17) is 4.74 Å². The molecule has 2 atom stereocenters. The van der Waals surface area contributed by atoms with Crippen molar-refractivity contribution in [3.8, 4) is 16.9 Å². The lowest BCUT2D eigenvalue weighted by Gasteiger charge is -2.35. The molecule has 162 valence electrons. The molecule has 0 radical (unpaired) electrons. The van der Waals surface area contributed by atoms with Gasteiger partial charge in [-0.2, -0.15) is 0 Å². The summed E-state index contributed by atoms with van der Waals surface area (Å²) in [5, 5.41) is 0.969. The number of likely N-dealkylation sites (tertiary alicyclic amines) is 1. The zero-order valence-electron chi connectivity index (χ0n) is 18.6. The summed E-state index contributed by atoms with van der Waals surface area (Å²) in [7, 11) is 0. The molecule has 1 unspecified atom stereocenters.